The van der Waals surface area contributed by atoms with Crippen LogP contribution in [-0.2, 0) is 19.1 Å². The molecule has 1 fully saturated rings. The SMILES string of the molecule is C[C@H](Sc1ccc(Cl)cc1)C(=O)OCC(=O)N(C)CC(=O)NC1CC1. The molecule has 6 nitrogen and oxygen atoms in total. The maximum absolute atomic E-state index is 12.0. The van der Waals surface area contributed by atoms with Crippen LogP contribution >= 0.6 is 23.4 Å². The monoisotopic (exact) mass is 384 g/mol. The molecular weight excluding hydrogens is 364 g/mol. The van der Waals surface area contributed by atoms with Crippen LogP contribution in [0, 0.1) is 0 Å². The van der Waals surface area contributed by atoms with E-state index in [2.05, 4.69) is 5.32 Å². The van der Waals surface area contributed by atoms with Gasteiger partial charge in [-0.05, 0) is 44.0 Å². The molecule has 1 aromatic rings. The fourth-order valence-electron chi connectivity index (χ4n) is 1.93. The molecule has 136 valence electrons. The molecule has 1 atom stereocenters. The van der Waals surface area contributed by atoms with Gasteiger partial charge in [0.25, 0.3) is 5.91 Å². The number of carbonyl (C=O) groups excluding carboxylic acids is 3. The number of thioether (sulfide) groups is 1. The van der Waals surface area contributed by atoms with Crippen LogP contribution < -0.4 is 5.32 Å². The van der Waals surface area contributed by atoms with Gasteiger partial charge in [0, 0.05) is 23.0 Å². The lowest BCUT2D eigenvalue weighted by Crippen LogP contribution is -2.41. The van der Waals surface area contributed by atoms with Gasteiger partial charge < -0.3 is 15.0 Å². The Labute approximate surface area is 156 Å². The summed E-state index contributed by atoms with van der Waals surface area (Å²) < 4.78 is 5.05. The van der Waals surface area contributed by atoms with Gasteiger partial charge in [-0.25, -0.2) is 0 Å². The molecule has 1 aliphatic rings. The number of hydrogen-bond acceptors (Lipinski definition) is 5. The lowest BCUT2D eigenvalue weighted by Gasteiger charge is -2.17. The van der Waals surface area contributed by atoms with E-state index in [1.165, 1.54) is 23.7 Å². The van der Waals surface area contributed by atoms with E-state index in [0.29, 0.717) is 5.02 Å². The maximum atomic E-state index is 12.0. The number of amides is 2. The van der Waals surface area contributed by atoms with Gasteiger partial charge in [0.2, 0.25) is 5.91 Å². The summed E-state index contributed by atoms with van der Waals surface area (Å²) in [6.07, 6.45) is 1.98. The molecule has 0 bridgehead atoms. The number of likely N-dealkylation sites (N-methyl/N-ethyl adjacent to an activating group) is 1. The lowest BCUT2D eigenvalue weighted by molar-refractivity contribution is -0.151. The van der Waals surface area contributed by atoms with Gasteiger partial charge in [-0.3, -0.25) is 14.4 Å². The molecule has 0 unspecified atom stereocenters. The van der Waals surface area contributed by atoms with Crippen molar-refractivity contribution in [1.82, 2.24) is 10.2 Å². The second-order valence-corrected chi connectivity index (χ2v) is 7.76. The van der Waals surface area contributed by atoms with Gasteiger partial charge in [0.15, 0.2) is 6.61 Å². The highest BCUT2D eigenvalue weighted by Crippen LogP contribution is 2.25. The molecule has 0 heterocycles. The first kappa shape index (κ1) is 19.6. The largest absolute Gasteiger partial charge is 0.455 e. The topological polar surface area (TPSA) is 75.7 Å². The summed E-state index contributed by atoms with van der Waals surface area (Å²) in [7, 11) is 1.51. The summed E-state index contributed by atoms with van der Waals surface area (Å²) >= 11 is 7.14. The number of halogens is 1. The first-order valence-electron chi connectivity index (χ1n) is 7.97. The number of nitrogens with zero attached hydrogens (tertiary/aromatic N) is 1. The average molecular weight is 385 g/mol. The molecule has 2 rings (SSSR count). The van der Waals surface area contributed by atoms with Crippen molar-refractivity contribution in [3.63, 3.8) is 0 Å². The third kappa shape index (κ3) is 6.96. The number of ether oxygens (including phenoxy) is 1. The average Bonchev–Trinajstić information content (AvgIpc) is 3.37. The fourth-order valence-corrected chi connectivity index (χ4v) is 2.92. The van der Waals surface area contributed by atoms with Crippen molar-refractivity contribution >= 4 is 41.1 Å². The molecule has 0 saturated heterocycles. The molecule has 1 saturated carbocycles. The molecular formula is C17H21ClN2O4S. The summed E-state index contributed by atoms with van der Waals surface area (Å²) in [4.78, 5) is 37.7. The number of benzene rings is 1. The van der Waals surface area contributed by atoms with Crippen LogP contribution in [0.25, 0.3) is 0 Å². The highest BCUT2D eigenvalue weighted by atomic mass is 35.5. The smallest absolute Gasteiger partial charge is 0.319 e. The molecule has 1 aromatic carbocycles. The second-order valence-electron chi connectivity index (χ2n) is 5.91. The Morgan fingerprint density at radius 3 is 2.56 bits per heavy atom. The zero-order valence-corrected chi connectivity index (χ0v) is 15.7. The fraction of sp³-hybridized carbons (Fsp3) is 0.471. The van der Waals surface area contributed by atoms with Crippen LogP contribution in [-0.4, -0.2) is 54.2 Å². The Morgan fingerprint density at radius 2 is 1.96 bits per heavy atom. The Morgan fingerprint density at radius 1 is 1.32 bits per heavy atom. The van der Waals surface area contributed by atoms with Crippen molar-refractivity contribution in [2.24, 2.45) is 0 Å². The van der Waals surface area contributed by atoms with E-state index in [1.807, 2.05) is 12.1 Å². The normalized spacial score (nSPS) is 14.5. The zero-order chi connectivity index (χ0) is 18.4. The molecule has 8 heteroatoms. The van der Waals surface area contributed by atoms with Gasteiger partial charge >= 0.3 is 5.97 Å². The van der Waals surface area contributed by atoms with Crippen molar-refractivity contribution in [3.8, 4) is 0 Å². The van der Waals surface area contributed by atoms with Crippen molar-refractivity contribution in [2.45, 2.75) is 36.0 Å². The molecule has 1 aliphatic carbocycles. The van der Waals surface area contributed by atoms with Crippen LogP contribution in [0.2, 0.25) is 5.02 Å². The minimum absolute atomic E-state index is 0.0397. The first-order valence-corrected chi connectivity index (χ1v) is 9.23. The molecule has 0 aromatic heterocycles. The zero-order valence-electron chi connectivity index (χ0n) is 14.2. The Hall–Kier alpha value is -1.73. The molecule has 2 amide bonds. The number of rotatable bonds is 8. The molecule has 0 aliphatic heterocycles. The van der Waals surface area contributed by atoms with Gasteiger partial charge in [-0.1, -0.05) is 11.6 Å². The van der Waals surface area contributed by atoms with Gasteiger partial charge in [0.1, 0.15) is 5.25 Å². The van der Waals surface area contributed by atoms with E-state index < -0.39 is 17.1 Å². The minimum atomic E-state index is -0.482. The van der Waals surface area contributed by atoms with Gasteiger partial charge in [-0.2, -0.15) is 0 Å². The summed E-state index contributed by atoms with van der Waals surface area (Å²) in [5, 5.41) is 2.96. The standard InChI is InChI=1S/C17H21ClN2O4S/c1-11(25-14-7-3-12(18)4-8-14)17(23)24-10-16(22)20(2)9-15(21)19-13-5-6-13/h3-4,7-8,11,13H,5-6,9-10H2,1-2H3,(H,19,21)/t11-/m0/s1. The quantitative estimate of drug-likeness (QED) is 0.548. The molecule has 1 N–H and O–H groups in total. The Balaban J connectivity index is 1.70. The van der Waals surface area contributed by atoms with E-state index in [4.69, 9.17) is 16.3 Å². The Bertz CT molecular complexity index is 634. The number of carbonyl (C=O) groups is 3. The van der Waals surface area contributed by atoms with Crippen LogP contribution in [0.3, 0.4) is 0 Å². The Kier molecular flexibility index (Phi) is 7.13. The summed E-state index contributed by atoms with van der Waals surface area (Å²) in [5.74, 6) is -1.09. The van der Waals surface area contributed by atoms with Crippen LogP contribution in [0.1, 0.15) is 19.8 Å². The number of nitrogens with one attached hydrogen (secondary N) is 1. The predicted octanol–water partition coefficient (Wildman–Crippen LogP) is 2.10. The van der Waals surface area contributed by atoms with Crippen molar-refractivity contribution in [2.75, 3.05) is 20.2 Å². The lowest BCUT2D eigenvalue weighted by atomic mass is 10.4. The molecule has 0 radical (unpaired) electrons. The third-order valence-electron chi connectivity index (χ3n) is 3.55. The van der Waals surface area contributed by atoms with Crippen LogP contribution in [0.4, 0.5) is 0 Å². The molecule has 25 heavy (non-hydrogen) atoms. The highest BCUT2D eigenvalue weighted by Gasteiger charge is 2.25. The van der Waals surface area contributed by atoms with E-state index in [9.17, 15) is 14.4 Å². The summed E-state index contributed by atoms with van der Waals surface area (Å²) in [6, 6.07) is 7.36. The third-order valence-corrected chi connectivity index (χ3v) is 4.89. The first-order chi connectivity index (χ1) is 11.8. The second kappa shape index (κ2) is 9.10. The minimum Gasteiger partial charge on any atom is -0.455 e. The predicted molar refractivity (Wildman–Crippen MR) is 96.5 cm³/mol. The number of esters is 1. The summed E-state index contributed by atoms with van der Waals surface area (Å²) in [5.41, 5.74) is 0. The molecule has 0 spiro atoms. The van der Waals surface area contributed by atoms with Crippen LogP contribution in [0.5, 0.6) is 0 Å². The highest BCUT2D eigenvalue weighted by molar-refractivity contribution is 8.00. The van der Waals surface area contributed by atoms with Crippen LogP contribution in [0.15, 0.2) is 29.2 Å². The van der Waals surface area contributed by atoms with E-state index in [0.717, 1.165) is 17.7 Å². The van der Waals surface area contributed by atoms with Gasteiger partial charge in [0.05, 0.1) is 6.54 Å². The van der Waals surface area contributed by atoms with Gasteiger partial charge in [-0.15, -0.1) is 11.8 Å². The van der Waals surface area contributed by atoms with Crippen molar-refractivity contribution in [1.29, 1.82) is 0 Å². The number of hydrogen-bond donors (Lipinski definition) is 1. The van der Waals surface area contributed by atoms with Crippen molar-refractivity contribution in [3.05, 3.63) is 29.3 Å². The van der Waals surface area contributed by atoms with Crippen molar-refractivity contribution < 1.29 is 19.1 Å². The van der Waals surface area contributed by atoms with E-state index >= 15 is 0 Å². The maximum Gasteiger partial charge on any atom is 0.319 e. The van der Waals surface area contributed by atoms with E-state index in [-0.39, 0.29) is 25.1 Å². The van der Waals surface area contributed by atoms with E-state index in [1.54, 1.807) is 19.1 Å². The summed E-state index contributed by atoms with van der Waals surface area (Å²) in [6.45, 7) is 1.29.